The summed E-state index contributed by atoms with van der Waals surface area (Å²) in [5, 5.41) is 3.77. The highest BCUT2D eigenvalue weighted by Gasteiger charge is 2.31. The maximum Gasteiger partial charge on any atom is 0.0323 e. The standard InChI is InChI=1S/C18H29N/c1-17(2,3)12-13-19-16-10-11-18(4,5)15-9-7-6-8-14(15)16/h6-9,16,19H,10-13H2,1-5H3. The van der Waals surface area contributed by atoms with Crippen molar-refractivity contribution in [3.05, 3.63) is 35.4 Å². The molecule has 1 unspecified atom stereocenters. The maximum absolute atomic E-state index is 3.77. The zero-order valence-corrected chi connectivity index (χ0v) is 13.2. The molecule has 0 spiro atoms. The number of hydrogen-bond donors (Lipinski definition) is 1. The third kappa shape index (κ3) is 3.60. The van der Waals surface area contributed by atoms with Crippen molar-refractivity contribution in [1.82, 2.24) is 5.32 Å². The predicted octanol–water partition coefficient (Wildman–Crippen LogP) is 4.82. The van der Waals surface area contributed by atoms with Gasteiger partial charge in [0.15, 0.2) is 0 Å². The fraction of sp³-hybridized carbons (Fsp3) is 0.667. The lowest BCUT2D eigenvalue weighted by molar-refractivity contribution is 0.322. The van der Waals surface area contributed by atoms with E-state index in [2.05, 4.69) is 64.2 Å². The van der Waals surface area contributed by atoms with E-state index in [0.29, 0.717) is 16.9 Å². The molecule has 1 aliphatic rings. The molecule has 1 aliphatic carbocycles. The highest BCUT2D eigenvalue weighted by Crippen LogP contribution is 2.41. The Hall–Kier alpha value is -0.820. The normalized spacial score (nSPS) is 22.1. The third-order valence-corrected chi connectivity index (χ3v) is 4.39. The highest BCUT2D eigenvalue weighted by molar-refractivity contribution is 5.38. The number of hydrogen-bond acceptors (Lipinski definition) is 1. The van der Waals surface area contributed by atoms with Gasteiger partial charge in [0.1, 0.15) is 0 Å². The van der Waals surface area contributed by atoms with Crippen molar-refractivity contribution in [2.75, 3.05) is 6.54 Å². The van der Waals surface area contributed by atoms with Gasteiger partial charge in [0.05, 0.1) is 0 Å². The van der Waals surface area contributed by atoms with E-state index in [9.17, 15) is 0 Å². The fourth-order valence-electron chi connectivity index (χ4n) is 3.05. The first-order valence-corrected chi connectivity index (χ1v) is 7.62. The predicted molar refractivity (Wildman–Crippen MR) is 83.5 cm³/mol. The molecule has 0 heterocycles. The summed E-state index contributed by atoms with van der Waals surface area (Å²) in [6.45, 7) is 12.8. The van der Waals surface area contributed by atoms with E-state index in [-0.39, 0.29) is 0 Å². The minimum absolute atomic E-state index is 0.332. The molecule has 0 aliphatic heterocycles. The second-order valence-corrected chi connectivity index (χ2v) is 7.83. The molecule has 1 aromatic carbocycles. The van der Waals surface area contributed by atoms with Crippen molar-refractivity contribution in [2.45, 2.75) is 65.3 Å². The monoisotopic (exact) mass is 259 g/mol. The van der Waals surface area contributed by atoms with Crippen molar-refractivity contribution in [2.24, 2.45) is 5.41 Å². The number of rotatable bonds is 3. The summed E-state index contributed by atoms with van der Waals surface area (Å²) < 4.78 is 0. The summed E-state index contributed by atoms with van der Waals surface area (Å²) in [4.78, 5) is 0. The molecular weight excluding hydrogens is 230 g/mol. The Balaban J connectivity index is 2.08. The second-order valence-electron chi connectivity index (χ2n) is 7.83. The molecule has 2 rings (SSSR count). The van der Waals surface area contributed by atoms with Crippen molar-refractivity contribution >= 4 is 0 Å². The molecule has 1 atom stereocenters. The van der Waals surface area contributed by atoms with E-state index in [1.807, 2.05) is 0 Å². The van der Waals surface area contributed by atoms with E-state index in [1.54, 1.807) is 0 Å². The lowest BCUT2D eigenvalue weighted by Crippen LogP contribution is -2.33. The van der Waals surface area contributed by atoms with Crippen LogP contribution in [0.2, 0.25) is 0 Å². The van der Waals surface area contributed by atoms with Crippen molar-refractivity contribution in [1.29, 1.82) is 0 Å². The van der Waals surface area contributed by atoms with Gasteiger partial charge in [-0.25, -0.2) is 0 Å². The lowest BCUT2D eigenvalue weighted by Gasteiger charge is -2.37. The van der Waals surface area contributed by atoms with Crippen molar-refractivity contribution in [3.8, 4) is 0 Å². The molecule has 0 radical (unpaired) electrons. The summed E-state index contributed by atoms with van der Waals surface area (Å²) in [6.07, 6.45) is 3.76. The van der Waals surface area contributed by atoms with Gasteiger partial charge in [0, 0.05) is 6.04 Å². The van der Waals surface area contributed by atoms with Gasteiger partial charge in [-0.1, -0.05) is 58.9 Å². The van der Waals surface area contributed by atoms with Crippen molar-refractivity contribution < 1.29 is 0 Å². The summed E-state index contributed by atoms with van der Waals surface area (Å²) in [5.41, 5.74) is 3.81. The Morgan fingerprint density at radius 3 is 2.58 bits per heavy atom. The summed E-state index contributed by atoms with van der Waals surface area (Å²) in [7, 11) is 0. The lowest BCUT2D eigenvalue weighted by atomic mass is 9.71. The molecule has 0 bridgehead atoms. The van der Waals surface area contributed by atoms with Gasteiger partial charge in [0.2, 0.25) is 0 Å². The SMILES string of the molecule is CC(C)(C)CCNC1CCC(C)(C)c2ccccc21. The quantitative estimate of drug-likeness (QED) is 0.820. The summed E-state index contributed by atoms with van der Waals surface area (Å²) >= 11 is 0. The Morgan fingerprint density at radius 1 is 1.21 bits per heavy atom. The molecule has 1 heteroatoms. The zero-order chi connectivity index (χ0) is 14.1. The molecule has 1 N–H and O–H groups in total. The van der Waals surface area contributed by atoms with Gasteiger partial charge in [-0.2, -0.15) is 0 Å². The van der Waals surface area contributed by atoms with E-state index >= 15 is 0 Å². The van der Waals surface area contributed by atoms with Crippen LogP contribution >= 0.6 is 0 Å². The molecule has 1 nitrogen and oxygen atoms in total. The topological polar surface area (TPSA) is 12.0 Å². The zero-order valence-electron chi connectivity index (χ0n) is 13.2. The number of benzene rings is 1. The Morgan fingerprint density at radius 2 is 1.89 bits per heavy atom. The average Bonchev–Trinajstić information content (AvgIpc) is 2.31. The van der Waals surface area contributed by atoms with Crippen LogP contribution in [0.25, 0.3) is 0 Å². The Bertz CT molecular complexity index is 426. The van der Waals surface area contributed by atoms with Crippen LogP contribution in [0.15, 0.2) is 24.3 Å². The van der Waals surface area contributed by atoms with Crippen molar-refractivity contribution in [3.63, 3.8) is 0 Å². The smallest absolute Gasteiger partial charge is 0.0323 e. The molecule has 0 amide bonds. The number of fused-ring (bicyclic) bond motifs is 1. The molecule has 19 heavy (non-hydrogen) atoms. The van der Waals surface area contributed by atoms with E-state index in [1.165, 1.54) is 30.4 Å². The maximum atomic E-state index is 3.77. The van der Waals surface area contributed by atoms with Gasteiger partial charge < -0.3 is 5.32 Å². The minimum Gasteiger partial charge on any atom is -0.310 e. The van der Waals surface area contributed by atoms with Crippen LogP contribution in [0.3, 0.4) is 0 Å². The molecule has 0 fully saturated rings. The van der Waals surface area contributed by atoms with Crippen LogP contribution in [0, 0.1) is 5.41 Å². The summed E-state index contributed by atoms with van der Waals surface area (Å²) in [5.74, 6) is 0. The average molecular weight is 259 g/mol. The van der Waals surface area contributed by atoms with E-state index in [4.69, 9.17) is 0 Å². The molecule has 1 aromatic rings. The van der Waals surface area contributed by atoms with Gasteiger partial charge in [-0.15, -0.1) is 0 Å². The Kier molecular flexibility index (Phi) is 4.06. The molecule has 106 valence electrons. The first-order chi connectivity index (χ1) is 8.80. The molecule has 0 saturated carbocycles. The fourth-order valence-corrected chi connectivity index (χ4v) is 3.05. The van der Waals surface area contributed by atoms with Gasteiger partial charge in [-0.05, 0) is 47.8 Å². The van der Waals surface area contributed by atoms with Gasteiger partial charge >= 0.3 is 0 Å². The summed E-state index contributed by atoms with van der Waals surface area (Å²) in [6, 6.07) is 9.53. The minimum atomic E-state index is 0.332. The molecule has 0 saturated heterocycles. The first kappa shape index (κ1) is 14.6. The molecule has 0 aromatic heterocycles. The second kappa shape index (κ2) is 5.28. The van der Waals surface area contributed by atoms with Gasteiger partial charge in [-0.3, -0.25) is 0 Å². The third-order valence-electron chi connectivity index (χ3n) is 4.39. The number of nitrogens with one attached hydrogen (secondary N) is 1. The largest absolute Gasteiger partial charge is 0.310 e. The van der Waals surface area contributed by atoms with E-state index < -0.39 is 0 Å². The van der Waals surface area contributed by atoms with Crippen LogP contribution in [0.4, 0.5) is 0 Å². The Labute approximate surface area is 118 Å². The van der Waals surface area contributed by atoms with Crippen LogP contribution < -0.4 is 5.32 Å². The van der Waals surface area contributed by atoms with Crippen LogP contribution in [0.5, 0.6) is 0 Å². The van der Waals surface area contributed by atoms with Crippen LogP contribution in [-0.4, -0.2) is 6.54 Å². The van der Waals surface area contributed by atoms with E-state index in [0.717, 1.165) is 6.54 Å². The van der Waals surface area contributed by atoms with Crippen LogP contribution in [0.1, 0.15) is 71.0 Å². The first-order valence-electron chi connectivity index (χ1n) is 7.62. The van der Waals surface area contributed by atoms with Crippen LogP contribution in [-0.2, 0) is 5.41 Å². The van der Waals surface area contributed by atoms with Gasteiger partial charge in [0.25, 0.3) is 0 Å². The highest BCUT2D eigenvalue weighted by atomic mass is 14.9. The molecular formula is C18H29N.